The van der Waals surface area contributed by atoms with Crippen LogP contribution in [0.2, 0.25) is 0 Å². The molecule has 6 nitrogen and oxygen atoms in total. The maximum atomic E-state index is 12.4. The molecule has 2 heterocycles. The molecule has 3 aromatic rings. The van der Waals surface area contributed by atoms with Crippen molar-refractivity contribution in [2.45, 2.75) is 20.4 Å². The topological polar surface area (TPSA) is 76.9 Å². The molecule has 0 spiro atoms. The van der Waals surface area contributed by atoms with E-state index >= 15 is 0 Å². The molecule has 0 unspecified atom stereocenters. The van der Waals surface area contributed by atoms with E-state index in [4.69, 9.17) is 0 Å². The molecule has 0 saturated heterocycles. The summed E-state index contributed by atoms with van der Waals surface area (Å²) in [6.07, 6.45) is 1.64. The predicted octanol–water partition coefficient (Wildman–Crippen LogP) is 3.32. The summed E-state index contributed by atoms with van der Waals surface area (Å²) in [6.45, 7) is 3.54. The third-order valence-electron chi connectivity index (χ3n) is 3.87. The van der Waals surface area contributed by atoms with Gasteiger partial charge >= 0.3 is 0 Å². The largest absolute Gasteiger partial charge is 0.325 e. The molecular formula is C19H17BrN4O2. The van der Waals surface area contributed by atoms with Crippen molar-refractivity contribution in [1.29, 1.82) is 0 Å². The molecule has 0 aliphatic rings. The number of hydrogen-bond acceptors (Lipinski definition) is 4. The molecule has 0 radical (unpaired) electrons. The fraction of sp³-hybridized carbons (Fsp3) is 0.158. The maximum Gasteiger partial charge on any atom is 0.254 e. The summed E-state index contributed by atoms with van der Waals surface area (Å²) >= 11 is 3.42. The number of carbonyl (C=O) groups excluding carboxylic acids is 1. The van der Waals surface area contributed by atoms with Crippen LogP contribution in [0.25, 0.3) is 11.4 Å². The molecule has 0 atom stereocenters. The highest BCUT2D eigenvalue weighted by Gasteiger charge is 2.11. The molecule has 0 fully saturated rings. The average molecular weight is 413 g/mol. The number of rotatable bonds is 4. The van der Waals surface area contributed by atoms with E-state index in [1.807, 2.05) is 25.1 Å². The number of hydrogen-bond donors (Lipinski definition) is 1. The minimum absolute atomic E-state index is 0.102. The van der Waals surface area contributed by atoms with Gasteiger partial charge in [0.1, 0.15) is 12.4 Å². The van der Waals surface area contributed by atoms with Gasteiger partial charge in [-0.15, -0.1) is 0 Å². The lowest BCUT2D eigenvalue weighted by Crippen LogP contribution is -2.29. The molecule has 132 valence electrons. The van der Waals surface area contributed by atoms with Crippen molar-refractivity contribution in [3.63, 3.8) is 0 Å². The van der Waals surface area contributed by atoms with E-state index in [0.29, 0.717) is 22.9 Å². The van der Waals surface area contributed by atoms with Gasteiger partial charge in [-0.2, -0.15) is 0 Å². The monoisotopic (exact) mass is 412 g/mol. The summed E-state index contributed by atoms with van der Waals surface area (Å²) in [6, 6.07) is 12.3. The third-order valence-corrected chi connectivity index (χ3v) is 4.76. The number of benzene rings is 1. The van der Waals surface area contributed by atoms with Crippen LogP contribution in [-0.2, 0) is 11.3 Å². The Morgan fingerprint density at radius 1 is 1.15 bits per heavy atom. The van der Waals surface area contributed by atoms with E-state index in [1.54, 1.807) is 31.3 Å². The molecule has 1 N–H and O–H groups in total. The summed E-state index contributed by atoms with van der Waals surface area (Å²) in [7, 11) is 0. The first kappa shape index (κ1) is 18.0. The van der Waals surface area contributed by atoms with Crippen LogP contribution >= 0.6 is 15.9 Å². The zero-order valence-electron chi connectivity index (χ0n) is 14.4. The number of aryl methyl sites for hydroxylation is 2. The summed E-state index contributed by atoms with van der Waals surface area (Å²) in [4.78, 5) is 33.3. The minimum atomic E-state index is -0.291. The molecule has 0 aliphatic heterocycles. The van der Waals surface area contributed by atoms with Gasteiger partial charge in [0.25, 0.3) is 5.56 Å². The lowest BCUT2D eigenvalue weighted by molar-refractivity contribution is -0.116. The average Bonchev–Trinajstić information content (AvgIpc) is 2.62. The summed E-state index contributed by atoms with van der Waals surface area (Å²) < 4.78 is 2.31. The van der Waals surface area contributed by atoms with Crippen molar-refractivity contribution in [3.8, 4) is 11.4 Å². The normalized spacial score (nSPS) is 10.6. The maximum absolute atomic E-state index is 12.4. The van der Waals surface area contributed by atoms with E-state index in [0.717, 1.165) is 10.0 Å². The number of anilines is 1. The molecule has 7 heteroatoms. The molecule has 0 saturated carbocycles. The Balaban J connectivity index is 1.80. The standard InChI is InChI=1S/C19H17BrN4O2/c1-12-9-14(6-7-15(12)20)23-18(25)11-24-13(2)22-17(10-19(24)26)16-5-3-4-8-21-16/h3-10H,11H2,1-2H3,(H,23,25). The fourth-order valence-electron chi connectivity index (χ4n) is 2.53. The second kappa shape index (κ2) is 7.61. The van der Waals surface area contributed by atoms with Gasteiger partial charge < -0.3 is 5.32 Å². The second-order valence-corrected chi connectivity index (χ2v) is 6.69. The van der Waals surface area contributed by atoms with Gasteiger partial charge in [0, 0.05) is 22.4 Å². The Bertz CT molecular complexity index is 1020. The first-order valence-corrected chi connectivity index (χ1v) is 8.79. The minimum Gasteiger partial charge on any atom is -0.325 e. The van der Waals surface area contributed by atoms with Crippen LogP contribution in [0.1, 0.15) is 11.4 Å². The smallest absolute Gasteiger partial charge is 0.254 e. The van der Waals surface area contributed by atoms with Crippen molar-refractivity contribution in [2.24, 2.45) is 0 Å². The molecule has 2 aromatic heterocycles. The van der Waals surface area contributed by atoms with Gasteiger partial charge in [-0.1, -0.05) is 22.0 Å². The summed E-state index contributed by atoms with van der Waals surface area (Å²) in [5.74, 6) is 0.171. The second-order valence-electron chi connectivity index (χ2n) is 5.84. The molecule has 1 aromatic carbocycles. The molecule has 0 aliphatic carbocycles. The van der Waals surface area contributed by atoms with Crippen LogP contribution < -0.4 is 10.9 Å². The number of nitrogens with zero attached hydrogens (tertiary/aromatic N) is 3. The van der Waals surface area contributed by atoms with E-state index in [9.17, 15) is 9.59 Å². The van der Waals surface area contributed by atoms with Crippen molar-refractivity contribution in [3.05, 3.63) is 74.9 Å². The molecule has 26 heavy (non-hydrogen) atoms. The van der Waals surface area contributed by atoms with Crippen LogP contribution in [0.4, 0.5) is 5.69 Å². The van der Waals surface area contributed by atoms with Crippen LogP contribution in [0.15, 0.2) is 57.9 Å². The highest BCUT2D eigenvalue weighted by Crippen LogP contribution is 2.20. The van der Waals surface area contributed by atoms with Gasteiger partial charge in [-0.25, -0.2) is 4.98 Å². The van der Waals surface area contributed by atoms with Crippen LogP contribution in [0, 0.1) is 13.8 Å². The molecule has 0 bridgehead atoms. The van der Waals surface area contributed by atoms with Crippen molar-refractivity contribution >= 4 is 27.5 Å². The Morgan fingerprint density at radius 3 is 2.62 bits per heavy atom. The number of nitrogens with one attached hydrogen (secondary N) is 1. The first-order valence-electron chi connectivity index (χ1n) is 8.00. The zero-order valence-corrected chi connectivity index (χ0v) is 15.9. The SMILES string of the molecule is Cc1cc(NC(=O)Cn2c(C)nc(-c3ccccn3)cc2=O)ccc1Br. The molecule has 1 amide bonds. The fourth-order valence-corrected chi connectivity index (χ4v) is 2.77. The van der Waals surface area contributed by atoms with E-state index < -0.39 is 0 Å². The van der Waals surface area contributed by atoms with Gasteiger partial charge in [0.15, 0.2) is 0 Å². The number of halogens is 1. The van der Waals surface area contributed by atoms with Gasteiger partial charge in [0.2, 0.25) is 5.91 Å². The van der Waals surface area contributed by atoms with Gasteiger partial charge in [-0.3, -0.25) is 19.1 Å². The zero-order chi connectivity index (χ0) is 18.7. The van der Waals surface area contributed by atoms with Gasteiger partial charge in [-0.05, 0) is 49.7 Å². The molecule has 3 rings (SSSR count). The van der Waals surface area contributed by atoms with Crippen LogP contribution in [0.3, 0.4) is 0 Å². The third kappa shape index (κ3) is 4.05. The van der Waals surface area contributed by atoms with Crippen molar-refractivity contribution in [1.82, 2.24) is 14.5 Å². The van der Waals surface area contributed by atoms with E-state index in [-0.39, 0.29) is 18.0 Å². The van der Waals surface area contributed by atoms with Crippen molar-refractivity contribution in [2.75, 3.05) is 5.32 Å². The number of carbonyl (C=O) groups is 1. The lowest BCUT2D eigenvalue weighted by atomic mass is 10.2. The van der Waals surface area contributed by atoms with Crippen molar-refractivity contribution < 1.29 is 4.79 Å². The molecular weight excluding hydrogens is 396 g/mol. The van der Waals surface area contributed by atoms with E-state index in [1.165, 1.54) is 10.6 Å². The summed E-state index contributed by atoms with van der Waals surface area (Å²) in [5, 5.41) is 2.80. The lowest BCUT2D eigenvalue weighted by Gasteiger charge is -2.11. The number of amides is 1. The Morgan fingerprint density at radius 2 is 1.96 bits per heavy atom. The Kier molecular flexibility index (Phi) is 5.27. The first-order chi connectivity index (χ1) is 12.4. The quantitative estimate of drug-likeness (QED) is 0.712. The predicted molar refractivity (Wildman–Crippen MR) is 104 cm³/mol. The van der Waals surface area contributed by atoms with Crippen LogP contribution in [0.5, 0.6) is 0 Å². The van der Waals surface area contributed by atoms with E-state index in [2.05, 4.69) is 31.2 Å². The number of aromatic nitrogens is 3. The highest BCUT2D eigenvalue weighted by molar-refractivity contribution is 9.10. The Labute approximate surface area is 159 Å². The highest BCUT2D eigenvalue weighted by atomic mass is 79.9. The van der Waals surface area contributed by atoms with Gasteiger partial charge in [0.05, 0.1) is 11.4 Å². The Hall–Kier alpha value is -2.80. The summed E-state index contributed by atoms with van der Waals surface area (Å²) in [5.41, 5.74) is 2.51. The van der Waals surface area contributed by atoms with Crippen LogP contribution in [-0.4, -0.2) is 20.4 Å². The number of pyridine rings is 1.